The van der Waals surface area contributed by atoms with Crippen molar-refractivity contribution in [3.05, 3.63) is 63.7 Å². The average molecular weight is 398 g/mol. The number of nitro groups is 1. The summed E-state index contributed by atoms with van der Waals surface area (Å²) in [6.07, 6.45) is 4.94. The first kappa shape index (κ1) is 21.9. The third-order valence-electron chi connectivity index (χ3n) is 4.06. The molecular weight excluding hydrogens is 372 g/mol. The van der Waals surface area contributed by atoms with E-state index in [1.54, 1.807) is 25.1 Å². The Hall–Kier alpha value is -3.35. The molecule has 0 radical (unpaired) electrons. The van der Waals surface area contributed by atoms with Crippen molar-refractivity contribution in [1.82, 2.24) is 0 Å². The molecule has 0 unspecified atom stereocenters. The van der Waals surface area contributed by atoms with Gasteiger partial charge >= 0.3 is 0 Å². The predicted molar refractivity (Wildman–Crippen MR) is 114 cm³/mol. The molecule has 0 aliphatic carbocycles. The zero-order valence-electron chi connectivity index (χ0n) is 16.9. The molecule has 2 aromatic rings. The van der Waals surface area contributed by atoms with Gasteiger partial charge < -0.3 is 14.8 Å². The van der Waals surface area contributed by atoms with E-state index in [9.17, 15) is 14.9 Å². The second kappa shape index (κ2) is 10.8. The molecule has 154 valence electrons. The molecular formula is C22H26N2O5. The van der Waals surface area contributed by atoms with Gasteiger partial charge in [-0.15, -0.1) is 0 Å². The second-order valence-corrected chi connectivity index (χ2v) is 6.44. The average Bonchev–Trinajstić information content (AvgIpc) is 2.69. The Morgan fingerprint density at radius 2 is 1.93 bits per heavy atom. The fourth-order valence-corrected chi connectivity index (χ4v) is 2.59. The van der Waals surface area contributed by atoms with Crippen LogP contribution in [0.2, 0.25) is 0 Å². The Balaban J connectivity index is 2.11. The quantitative estimate of drug-likeness (QED) is 0.259. The summed E-state index contributed by atoms with van der Waals surface area (Å²) in [4.78, 5) is 22.9. The number of hydrogen-bond acceptors (Lipinski definition) is 5. The lowest BCUT2D eigenvalue weighted by atomic mass is 10.1. The molecule has 2 rings (SSSR count). The molecule has 1 N–H and O–H groups in total. The lowest BCUT2D eigenvalue weighted by Crippen LogP contribution is -2.09. The van der Waals surface area contributed by atoms with Crippen LogP contribution >= 0.6 is 0 Å². The number of ether oxygens (including phenoxy) is 2. The van der Waals surface area contributed by atoms with E-state index in [-0.39, 0.29) is 11.4 Å². The monoisotopic (exact) mass is 398 g/mol. The van der Waals surface area contributed by atoms with Gasteiger partial charge in [0.05, 0.1) is 18.1 Å². The third kappa shape index (κ3) is 6.64. The molecule has 0 aliphatic rings. The van der Waals surface area contributed by atoms with E-state index in [4.69, 9.17) is 9.47 Å². The predicted octanol–water partition coefficient (Wildman–Crippen LogP) is 5.13. The number of carbonyl (C=O) groups excluding carboxylic acids is 1. The van der Waals surface area contributed by atoms with Gasteiger partial charge in [0.15, 0.2) is 11.5 Å². The lowest BCUT2D eigenvalue weighted by Gasteiger charge is -2.12. The first-order valence-electron chi connectivity index (χ1n) is 9.58. The van der Waals surface area contributed by atoms with Crippen LogP contribution < -0.4 is 14.8 Å². The van der Waals surface area contributed by atoms with Gasteiger partial charge in [-0.05, 0) is 55.7 Å². The van der Waals surface area contributed by atoms with Crippen LogP contribution in [0.4, 0.5) is 11.4 Å². The summed E-state index contributed by atoms with van der Waals surface area (Å²) in [6, 6.07) is 10.1. The Kier molecular flexibility index (Phi) is 8.21. The minimum Gasteiger partial charge on any atom is -0.490 e. The zero-order valence-corrected chi connectivity index (χ0v) is 16.9. The Labute approximate surface area is 170 Å². The molecule has 7 nitrogen and oxygen atoms in total. The molecule has 2 aromatic carbocycles. The van der Waals surface area contributed by atoms with Crippen molar-refractivity contribution in [1.29, 1.82) is 0 Å². The van der Waals surface area contributed by atoms with Crippen LogP contribution in [0.1, 0.15) is 37.8 Å². The molecule has 0 spiro atoms. The van der Waals surface area contributed by atoms with Crippen molar-refractivity contribution in [2.75, 3.05) is 18.5 Å². The molecule has 1 amide bonds. The van der Waals surface area contributed by atoms with Crippen molar-refractivity contribution in [2.45, 2.75) is 33.6 Å². The first-order valence-corrected chi connectivity index (χ1v) is 9.58. The largest absolute Gasteiger partial charge is 0.490 e. The van der Waals surface area contributed by atoms with E-state index < -0.39 is 10.8 Å². The van der Waals surface area contributed by atoms with E-state index in [1.165, 1.54) is 18.2 Å². The number of nitrogens with zero attached hydrogens (tertiary/aromatic N) is 1. The molecule has 0 fully saturated rings. The number of aryl methyl sites for hydroxylation is 1. The van der Waals surface area contributed by atoms with Crippen molar-refractivity contribution >= 4 is 23.4 Å². The number of amides is 1. The van der Waals surface area contributed by atoms with Gasteiger partial charge in [0.1, 0.15) is 5.69 Å². The van der Waals surface area contributed by atoms with Crippen LogP contribution in [-0.2, 0) is 4.79 Å². The maximum absolute atomic E-state index is 12.2. The van der Waals surface area contributed by atoms with Crippen molar-refractivity contribution in [3.63, 3.8) is 0 Å². The van der Waals surface area contributed by atoms with E-state index >= 15 is 0 Å². The summed E-state index contributed by atoms with van der Waals surface area (Å²) in [6.45, 7) is 6.85. The number of benzene rings is 2. The molecule has 7 heteroatoms. The van der Waals surface area contributed by atoms with Gasteiger partial charge in [-0.2, -0.15) is 0 Å². The normalized spacial score (nSPS) is 10.7. The molecule has 0 bridgehead atoms. The summed E-state index contributed by atoms with van der Waals surface area (Å²) in [7, 11) is 0. The first-order chi connectivity index (χ1) is 13.9. The third-order valence-corrected chi connectivity index (χ3v) is 4.06. The topological polar surface area (TPSA) is 90.7 Å². The Morgan fingerprint density at radius 3 is 2.62 bits per heavy atom. The summed E-state index contributed by atoms with van der Waals surface area (Å²) >= 11 is 0. The highest BCUT2D eigenvalue weighted by Crippen LogP contribution is 2.29. The van der Waals surface area contributed by atoms with E-state index in [1.807, 2.05) is 19.1 Å². The molecule has 29 heavy (non-hydrogen) atoms. The minimum atomic E-state index is -0.516. The molecule has 0 heterocycles. The smallest absolute Gasteiger partial charge is 0.293 e. The summed E-state index contributed by atoms with van der Waals surface area (Å²) < 4.78 is 11.4. The number of nitro benzene ring substituents is 1. The van der Waals surface area contributed by atoms with Gasteiger partial charge in [-0.25, -0.2) is 0 Å². The second-order valence-electron chi connectivity index (χ2n) is 6.44. The van der Waals surface area contributed by atoms with Crippen molar-refractivity contribution in [2.24, 2.45) is 0 Å². The molecule has 0 aromatic heterocycles. The SMILES string of the molecule is CCCCOc1ccc(/C=C/C(=O)Nc2ccc(C)cc2[N+](=O)[O-])cc1OCC. The van der Waals surface area contributed by atoms with E-state index in [0.717, 1.165) is 24.0 Å². The summed E-state index contributed by atoms with van der Waals surface area (Å²) in [5, 5.41) is 13.7. The van der Waals surface area contributed by atoms with Crippen LogP contribution in [0.25, 0.3) is 6.08 Å². The molecule has 0 aliphatic heterocycles. The number of anilines is 1. The van der Waals surface area contributed by atoms with Gasteiger partial charge in [0.25, 0.3) is 5.69 Å². The van der Waals surface area contributed by atoms with Crippen LogP contribution in [0.15, 0.2) is 42.5 Å². The Morgan fingerprint density at radius 1 is 1.14 bits per heavy atom. The number of nitrogens with one attached hydrogen (secondary N) is 1. The molecule has 0 saturated carbocycles. The number of carbonyl (C=O) groups is 1. The maximum atomic E-state index is 12.2. The maximum Gasteiger partial charge on any atom is 0.293 e. The number of hydrogen-bond donors (Lipinski definition) is 1. The van der Waals surface area contributed by atoms with Gasteiger partial charge in [0.2, 0.25) is 5.91 Å². The molecule has 0 saturated heterocycles. The fourth-order valence-electron chi connectivity index (χ4n) is 2.59. The van der Waals surface area contributed by atoms with Crippen molar-refractivity contribution < 1.29 is 19.2 Å². The number of unbranched alkanes of at least 4 members (excludes halogenated alkanes) is 1. The minimum absolute atomic E-state index is 0.140. The van der Waals surface area contributed by atoms with Gasteiger partial charge in [-0.3, -0.25) is 14.9 Å². The Bertz CT molecular complexity index is 893. The van der Waals surface area contributed by atoms with Crippen LogP contribution in [0.5, 0.6) is 11.5 Å². The molecule has 0 atom stereocenters. The summed E-state index contributed by atoms with van der Waals surface area (Å²) in [5.74, 6) is 0.815. The van der Waals surface area contributed by atoms with Crippen LogP contribution in [-0.4, -0.2) is 24.0 Å². The van der Waals surface area contributed by atoms with Crippen LogP contribution in [0.3, 0.4) is 0 Å². The highest BCUT2D eigenvalue weighted by atomic mass is 16.6. The van der Waals surface area contributed by atoms with Crippen molar-refractivity contribution in [3.8, 4) is 11.5 Å². The van der Waals surface area contributed by atoms with Gasteiger partial charge in [-0.1, -0.05) is 25.5 Å². The highest BCUT2D eigenvalue weighted by molar-refractivity contribution is 6.03. The fraction of sp³-hybridized carbons (Fsp3) is 0.318. The lowest BCUT2D eigenvalue weighted by molar-refractivity contribution is -0.384. The summed E-state index contributed by atoms with van der Waals surface area (Å²) in [5.41, 5.74) is 1.52. The van der Waals surface area contributed by atoms with E-state index in [0.29, 0.717) is 24.7 Å². The van der Waals surface area contributed by atoms with Crippen LogP contribution in [0, 0.1) is 17.0 Å². The zero-order chi connectivity index (χ0) is 21.2. The van der Waals surface area contributed by atoms with E-state index in [2.05, 4.69) is 12.2 Å². The van der Waals surface area contributed by atoms with Gasteiger partial charge in [0, 0.05) is 12.1 Å². The number of rotatable bonds is 10. The standard InChI is InChI=1S/C22H26N2O5/c1-4-6-13-29-20-11-8-17(15-21(20)28-5-2)9-12-22(25)23-18-10-7-16(3)14-19(18)24(26)27/h7-12,14-15H,4-6,13H2,1-3H3,(H,23,25)/b12-9+. The highest BCUT2D eigenvalue weighted by Gasteiger charge is 2.15.